The molecule has 0 aromatic heterocycles. The highest BCUT2D eigenvalue weighted by Crippen LogP contribution is 2.33. The van der Waals surface area contributed by atoms with Crippen molar-refractivity contribution in [3.63, 3.8) is 0 Å². The summed E-state index contributed by atoms with van der Waals surface area (Å²) in [5, 5.41) is 0. The number of carbonyl (C=O) groups excluding carboxylic acids is 2. The summed E-state index contributed by atoms with van der Waals surface area (Å²) in [6.45, 7) is 2.78. The molecule has 19 heavy (non-hydrogen) atoms. The number of rotatable bonds is 5. The fourth-order valence-electron chi connectivity index (χ4n) is 3.12. The Morgan fingerprint density at radius 2 is 1.95 bits per heavy atom. The summed E-state index contributed by atoms with van der Waals surface area (Å²) < 4.78 is 5.52. The SMILES string of the molecule is CCOC1CC(CC(=O)N(C)C2CCC(=O)CC2)C1. The molecular weight excluding hydrogens is 242 g/mol. The van der Waals surface area contributed by atoms with Crippen LogP contribution in [-0.4, -0.2) is 42.4 Å². The van der Waals surface area contributed by atoms with Gasteiger partial charge in [-0.15, -0.1) is 0 Å². The van der Waals surface area contributed by atoms with E-state index in [4.69, 9.17) is 4.74 Å². The standard InChI is InChI=1S/C15H25NO3/c1-3-19-14-8-11(9-14)10-15(18)16(2)12-4-6-13(17)7-5-12/h11-12,14H,3-10H2,1-2H3. The molecule has 0 aromatic carbocycles. The zero-order valence-electron chi connectivity index (χ0n) is 12.1. The van der Waals surface area contributed by atoms with Crippen LogP contribution in [0.2, 0.25) is 0 Å². The summed E-state index contributed by atoms with van der Waals surface area (Å²) in [4.78, 5) is 25.3. The largest absolute Gasteiger partial charge is 0.378 e. The van der Waals surface area contributed by atoms with E-state index in [1.807, 2.05) is 18.9 Å². The van der Waals surface area contributed by atoms with Gasteiger partial charge in [-0.25, -0.2) is 0 Å². The summed E-state index contributed by atoms with van der Waals surface area (Å²) >= 11 is 0. The minimum Gasteiger partial charge on any atom is -0.378 e. The van der Waals surface area contributed by atoms with Crippen molar-refractivity contribution in [2.75, 3.05) is 13.7 Å². The monoisotopic (exact) mass is 267 g/mol. The van der Waals surface area contributed by atoms with Gasteiger partial charge in [0.05, 0.1) is 6.10 Å². The van der Waals surface area contributed by atoms with Gasteiger partial charge in [-0.3, -0.25) is 9.59 Å². The lowest BCUT2D eigenvalue weighted by Crippen LogP contribution is -2.42. The van der Waals surface area contributed by atoms with Crippen molar-refractivity contribution in [1.29, 1.82) is 0 Å². The van der Waals surface area contributed by atoms with Crippen LogP contribution in [-0.2, 0) is 14.3 Å². The average Bonchev–Trinajstić information content (AvgIpc) is 2.36. The van der Waals surface area contributed by atoms with Crippen LogP contribution < -0.4 is 0 Å². The highest BCUT2D eigenvalue weighted by atomic mass is 16.5. The molecule has 0 spiro atoms. The number of amides is 1. The Morgan fingerprint density at radius 3 is 2.53 bits per heavy atom. The van der Waals surface area contributed by atoms with E-state index in [2.05, 4.69) is 0 Å². The van der Waals surface area contributed by atoms with Crippen LogP contribution in [0.25, 0.3) is 0 Å². The fourth-order valence-corrected chi connectivity index (χ4v) is 3.12. The third-order valence-corrected chi connectivity index (χ3v) is 4.51. The second kappa shape index (κ2) is 6.51. The van der Waals surface area contributed by atoms with Gasteiger partial charge < -0.3 is 9.64 Å². The van der Waals surface area contributed by atoms with Crippen LogP contribution >= 0.6 is 0 Å². The predicted octanol–water partition coefficient (Wildman–Crippen LogP) is 2.16. The second-order valence-electron chi connectivity index (χ2n) is 5.89. The van der Waals surface area contributed by atoms with Crippen LogP contribution in [0.1, 0.15) is 51.9 Å². The molecule has 2 aliphatic carbocycles. The first kappa shape index (κ1) is 14.5. The molecule has 4 heteroatoms. The predicted molar refractivity (Wildman–Crippen MR) is 72.8 cm³/mol. The molecule has 2 fully saturated rings. The molecule has 0 bridgehead atoms. The highest BCUT2D eigenvalue weighted by Gasteiger charge is 2.33. The zero-order chi connectivity index (χ0) is 13.8. The molecule has 0 N–H and O–H groups in total. The second-order valence-corrected chi connectivity index (χ2v) is 5.89. The maximum atomic E-state index is 12.2. The average molecular weight is 267 g/mol. The van der Waals surface area contributed by atoms with Crippen LogP contribution in [0.5, 0.6) is 0 Å². The van der Waals surface area contributed by atoms with E-state index in [0.717, 1.165) is 32.3 Å². The van der Waals surface area contributed by atoms with Gasteiger partial charge in [0.2, 0.25) is 5.91 Å². The molecule has 108 valence electrons. The van der Waals surface area contributed by atoms with Crippen molar-refractivity contribution in [3.05, 3.63) is 0 Å². The Hall–Kier alpha value is -0.900. The number of hydrogen-bond acceptors (Lipinski definition) is 3. The van der Waals surface area contributed by atoms with E-state index >= 15 is 0 Å². The van der Waals surface area contributed by atoms with E-state index in [9.17, 15) is 9.59 Å². The molecule has 0 saturated heterocycles. The molecular formula is C15H25NO3. The number of Topliss-reactive ketones (excluding diaryl/α,β-unsaturated/α-hetero) is 1. The maximum Gasteiger partial charge on any atom is 0.222 e. The normalized spacial score (nSPS) is 28.0. The Kier molecular flexibility index (Phi) is 4.97. The van der Waals surface area contributed by atoms with Crippen molar-refractivity contribution in [3.8, 4) is 0 Å². The first-order valence-corrected chi connectivity index (χ1v) is 7.49. The summed E-state index contributed by atoms with van der Waals surface area (Å²) in [6.07, 6.45) is 6.02. The quantitative estimate of drug-likeness (QED) is 0.767. The van der Waals surface area contributed by atoms with Gasteiger partial charge in [0.1, 0.15) is 5.78 Å². The zero-order valence-corrected chi connectivity index (χ0v) is 12.1. The lowest BCUT2D eigenvalue weighted by Gasteiger charge is -2.37. The van der Waals surface area contributed by atoms with E-state index in [1.54, 1.807) is 0 Å². The number of ketones is 1. The molecule has 0 radical (unpaired) electrons. The van der Waals surface area contributed by atoms with Gasteiger partial charge in [0, 0.05) is 39.0 Å². The third-order valence-electron chi connectivity index (χ3n) is 4.51. The van der Waals surface area contributed by atoms with Gasteiger partial charge in [-0.1, -0.05) is 0 Å². The van der Waals surface area contributed by atoms with Crippen LogP contribution in [0, 0.1) is 5.92 Å². The molecule has 0 atom stereocenters. The first-order chi connectivity index (χ1) is 9.10. The maximum absolute atomic E-state index is 12.2. The van der Waals surface area contributed by atoms with Gasteiger partial charge in [-0.2, -0.15) is 0 Å². The Bertz CT molecular complexity index is 326. The van der Waals surface area contributed by atoms with Crippen LogP contribution in [0.4, 0.5) is 0 Å². The third kappa shape index (κ3) is 3.78. The summed E-state index contributed by atoms with van der Waals surface area (Å²) in [7, 11) is 1.89. The molecule has 0 heterocycles. The number of carbonyl (C=O) groups is 2. The molecule has 0 unspecified atom stereocenters. The molecule has 2 aliphatic rings. The van der Waals surface area contributed by atoms with Crippen molar-refractivity contribution in [2.45, 2.75) is 64.0 Å². The molecule has 4 nitrogen and oxygen atoms in total. The van der Waals surface area contributed by atoms with Crippen LogP contribution in [0.15, 0.2) is 0 Å². The minimum atomic E-state index is 0.235. The van der Waals surface area contributed by atoms with Crippen molar-refractivity contribution in [2.24, 2.45) is 5.92 Å². The van der Waals surface area contributed by atoms with E-state index in [0.29, 0.717) is 37.1 Å². The van der Waals surface area contributed by atoms with Crippen molar-refractivity contribution < 1.29 is 14.3 Å². The molecule has 0 aromatic rings. The molecule has 1 amide bonds. The highest BCUT2D eigenvalue weighted by molar-refractivity contribution is 5.80. The summed E-state index contributed by atoms with van der Waals surface area (Å²) in [5.74, 6) is 1.08. The number of hydrogen-bond donors (Lipinski definition) is 0. The van der Waals surface area contributed by atoms with Crippen molar-refractivity contribution >= 4 is 11.7 Å². The van der Waals surface area contributed by atoms with E-state index in [-0.39, 0.29) is 11.9 Å². The van der Waals surface area contributed by atoms with Gasteiger partial charge in [-0.05, 0) is 38.5 Å². The van der Waals surface area contributed by atoms with Gasteiger partial charge >= 0.3 is 0 Å². The first-order valence-electron chi connectivity index (χ1n) is 7.49. The Labute approximate surface area is 115 Å². The van der Waals surface area contributed by atoms with E-state index < -0.39 is 0 Å². The molecule has 2 saturated carbocycles. The lowest BCUT2D eigenvalue weighted by atomic mass is 9.79. The summed E-state index contributed by atoms with van der Waals surface area (Å²) in [6, 6.07) is 0.271. The smallest absolute Gasteiger partial charge is 0.222 e. The Morgan fingerprint density at radius 1 is 1.32 bits per heavy atom. The molecule has 2 rings (SSSR count). The van der Waals surface area contributed by atoms with Gasteiger partial charge in [0.25, 0.3) is 0 Å². The minimum absolute atomic E-state index is 0.235. The van der Waals surface area contributed by atoms with Crippen LogP contribution in [0.3, 0.4) is 0 Å². The number of nitrogens with zero attached hydrogens (tertiary/aromatic N) is 1. The lowest BCUT2D eigenvalue weighted by molar-refractivity contribution is -0.137. The van der Waals surface area contributed by atoms with Crippen molar-refractivity contribution in [1.82, 2.24) is 4.90 Å². The molecule has 0 aliphatic heterocycles. The summed E-state index contributed by atoms with van der Waals surface area (Å²) in [5.41, 5.74) is 0. The van der Waals surface area contributed by atoms with Gasteiger partial charge in [0.15, 0.2) is 0 Å². The number of ether oxygens (including phenoxy) is 1. The van der Waals surface area contributed by atoms with E-state index in [1.165, 1.54) is 0 Å². The Balaban J connectivity index is 1.70. The topological polar surface area (TPSA) is 46.6 Å². The fraction of sp³-hybridized carbons (Fsp3) is 0.867.